The molecule has 0 aromatic carbocycles. The largest absolute Gasteiger partial charge is 0.323 e. The normalized spacial score (nSPS) is 9.86. The first-order valence-corrected chi connectivity index (χ1v) is 4.65. The SMILES string of the molecule is CCNCC(=O)Nc1cnccc1C. The van der Waals surface area contributed by atoms with Crippen molar-refractivity contribution < 1.29 is 4.79 Å². The zero-order chi connectivity index (χ0) is 10.4. The van der Waals surface area contributed by atoms with Crippen LogP contribution < -0.4 is 10.6 Å². The van der Waals surface area contributed by atoms with Gasteiger partial charge in [-0.2, -0.15) is 0 Å². The number of aryl methyl sites for hydroxylation is 1. The van der Waals surface area contributed by atoms with Crippen LogP contribution in [0.25, 0.3) is 0 Å². The molecule has 0 aliphatic carbocycles. The highest BCUT2D eigenvalue weighted by Crippen LogP contribution is 2.10. The van der Waals surface area contributed by atoms with Crippen LogP contribution in [0.1, 0.15) is 12.5 Å². The summed E-state index contributed by atoms with van der Waals surface area (Å²) in [6.45, 7) is 5.03. The van der Waals surface area contributed by atoms with Gasteiger partial charge in [0.05, 0.1) is 18.4 Å². The van der Waals surface area contributed by atoms with Gasteiger partial charge >= 0.3 is 0 Å². The molecule has 0 aliphatic heterocycles. The summed E-state index contributed by atoms with van der Waals surface area (Å²) in [6, 6.07) is 1.86. The van der Waals surface area contributed by atoms with Gasteiger partial charge in [-0.3, -0.25) is 9.78 Å². The van der Waals surface area contributed by atoms with Crippen molar-refractivity contribution in [2.24, 2.45) is 0 Å². The minimum atomic E-state index is -0.0389. The van der Waals surface area contributed by atoms with Crippen LogP contribution in [0.2, 0.25) is 0 Å². The van der Waals surface area contributed by atoms with Crippen molar-refractivity contribution in [3.05, 3.63) is 24.0 Å². The van der Waals surface area contributed by atoms with Crippen molar-refractivity contribution in [3.8, 4) is 0 Å². The second-order valence-electron chi connectivity index (χ2n) is 3.02. The quantitative estimate of drug-likeness (QED) is 0.748. The standard InChI is InChI=1S/C10H15N3O/c1-3-11-7-10(14)13-9-6-12-5-4-8(9)2/h4-6,11H,3,7H2,1-2H3,(H,13,14). The van der Waals surface area contributed by atoms with Gasteiger partial charge in [0.1, 0.15) is 0 Å². The Morgan fingerprint density at radius 1 is 1.57 bits per heavy atom. The van der Waals surface area contributed by atoms with Gasteiger partial charge in [-0.15, -0.1) is 0 Å². The Hall–Kier alpha value is -1.42. The highest BCUT2D eigenvalue weighted by atomic mass is 16.1. The second kappa shape index (κ2) is 5.34. The summed E-state index contributed by atoms with van der Waals surface area (Å²) in [5.41, 5.74) is 1.79. The number of anilines is 1. The molecule has 0 saturated heterocycles. The monoisotopic (exact) mass is 193 g/mol. The Kier molecular flexibility index (Phi) is 4.07. The maximum atomic E-state index is 11.3. The number of carbonyl (C=O) groups is 1. The Morgan fingerprint density at radius 3 is 3.00 bits per heavy atom. The van der Waals surface area contributed by atoms with Crippen LogP contribution in [0.15, 0.2) is 18.5 Å². The Balaban J connectivity index is 2.52. The number of carbonyl (C=O) groups excluding carboxylic acids is 1. The number of amides is 1. The third-order valence-electron chi connectivity index (χ3n) is 1.85. The summed E-state index contributed by atoms with van der Waals surface area (Å²) in [6.07, 6.45) is 3.36. The van der Waals surface area contributed by atoms with Crippen molar-refractivity contribution in [2.75, 3.05) is 18.4 Å². The number of rotatable bonds is 4. The van der Waals surface area contributed by atoms with Crippen LogP contribution in [0.4, 0.5) is 5.69 Å². The molecule has 1 heterocycles. The van der Waals surface area contributed by atoms with Crippen LogP contribution in [-0.4, -0.2) is 24.0 Å². The number of likely N-dealkylation sites (N-methyl/N-ethyl adjacent to an activating group) is 1. The second-order valence-corrected chi connectivity index (χ2v) is 3.02. The molecule has 1 rings (SSSR count). The zero-order valence-electron chi connectivity index (χ0n) is 8.50. The summed E-state index contributed by atoms with van der Waals surface area (Å²) in [7, 11) is 0. The van der Waals surface area contributed by atoms with Gasteiger partial charge in [-0.25, -0.2) is 0 Å². The molecule has 0 unspecified atom stereocenters. The van der Waals surface area contributed by atoms with E-state index in [1.54, 1.807) is 12.4 Å². The first-order valence-electron chi connectivity index (χ1n) is 4.65. The molecule has 1 aromatic rings. The fourth-order valence-corrected chi connectivity index (χ4v) is 1.03. The first-order chi connectivity index (χ1) is 6.74. The third kappa shape index (κ3) is 3.14. The van der Waals surface area contributed by atoms with Gasteiger partial charge in [-0.1, -0.05) is 6.92 Å². The van der Waals surface area contributed by atoms with Crippen molar-refractivity contribution >= 4 is 11.6 Å². The summed E-state index contributed by atoms with van der Waals surface area (Å²) < 4.78 is 0. The van der Waals surface area contributed by atoms with Crippen molar-refractivity contribution in [1.29, 1.82) is 0 Å². The van der Waals surface area contributed by atoms with Gasteiger partial charge in [0, 0.05) is 6.20 Å². The molecule has 0 saturated carbocycles. The third-order valence-corrected chi connectivity index (χ3v) is 1.85. The van der Waals surface area contributed by atoms with E-state index in [9.17, 15) is 4.79 Å². The number of pyridine rings is 1. The highest BCUT2D eigenvalue weighted by molar-refractivity contribution is 5.92. The molecule has 4 heteroatoms. The molecular formula is C10H15N3O. The molecule has 0 bridgehead atoms. The first kappa shape index (κ1) is 10.7. The topological polar surface area (TPSA) is 54.0 Å². The Morgan fingerprint density at radius 2 is 2.36 bits per heavy atom. The van der Waals surface area contributed by atoms with Gasteiger partial charge in [0.2, 0.25) is 5.91 Å². The molecule has 1 amide bonds. The molecule has 76 valence electrons. The van der Waals surface area contributed by atoms with Gasteiger partial charge in [0.15, 0.2) is 0 Å². The van der Waals surface area contributed by atoms with E-state index in [1.165, 1.54) is 0 Å². The summed E-state index contributed by atoms with van der Waals surface area (Å²) in [5, 5.41) is 5.74. The lowest BCUT2D eigenvalue weighted by molar-refractivity contribution is -0.115. The van der Waals surface area contributed by atoms with E-state index in [0.717, 1.165) is 17.8 Å². The van der Waals surface area contributed by atoms with E-state index in [1.807, 2.05) is 19.9 Å². The smallest absolute Gasteiger partial charge is 0.238 e. The molecule has 0 aliphatic rings. The number of aromatic nitrogens is 1. The molecule has 4 nitrogen and oxygen atoms in total. The van der Waals surface area contributed by atoms with E-state index in [4.69, 9.17) is 0 Å². The minimum absolute atomic E-state index is 0.0389. The minimum Gasteiger partial charge on any atom is -0.323 e. The lowest BCUT2D eigenvalue weighted by Gasteiger charge is -2.07. The fraction of sp³-hybridized carbons (Fsp3) is 0.400. The van der Waals surface area contributed by atoms with E-state index in [2.05, 4.69) is 15.6 Å². The molecule has 0 radical (unpaired) electrons. The maximum absolute atomic E-state index is 11.3. The van der Waals surface area contributed by atoms with E-state index >= 15 is 0 Å². The summed E-state index contributed by atoms with van der Waals surface area (Å²) in [4.78, 5) is 15.3. The van der Waals surface area contributed by atoms with Crippen LogP contribution >= 0.6 is 0 Å². The number of nitrogens with one attached hydrogen (secondary N) is 2. The molecule has 1 aromatic heterocycles. The molecule has 2 N–H and O–H groups in total. The van der Waals surface area contributed by atoms with Crippen molar-refractivity contribution in [3.63, 3.8) is 0 Å². The number of nitrogens with zero attached hydrogens (tertiary/aromatic N) is 1. The lowest BCUT2D eigenvalue weighted by atomic mass is 10.2. The average molecular weight is 193 g/mol. The lowest BCUT2D eigenvalue weighted by Crippen LogP contribution is -2.28. The maximum Gasteiger partial charge on any atom is 0.238 e. The average Bonchev–Trinajstić information content (AvgIpc) is 2.18. The number of hydrogen-bond donors (Lipinski definition) is 2. The Bertz CT molecular complexity index is 312. The number of hydrogen-bond acceptors (Lipinski definition) is 3. The fourth-order valence-electron chi connectivity index (χ4n) is 1.03. The van der Waals surface area contributed by atoms with Gasteiger partial charge in [-0.05, 0) is 25.1 Å². The van der Waals surface area contributed by atoms with Crippen LogP contribution in [0.3, 0.4) is 0 Å². The van der Waals surface area contributed by atoms with Crippen molar-refractivity contribution in [2.45, 2.75) is 13.8 Å². The van der Waals surface area contributed by atoms with E-state index < -0.39 is 0 Å². The molecule has 0 atom stereocenters. The van der Waals surface area contributed by atoms with Crippen LogP contribution in [0, 0.1) is 6.92 Å². The van der Waals surface area contributed by atoms with Crippen molar-refractivity contribution in [1.82, 2.24) is 10.3 Å². The van der Waals surface area contributed by atoms with Crippen LogP contribution in [0.5, 0.6) is 0 Å². The predicted octanol–water partition coefficient (Wildman–Crippen LogP) is 0.938. The predicted molar refractivity (Wildman–Crippen MR) is 56.1 cm³/mol. The molecular weight excluding hydrogens is 178 g/mol. The summed E-state index contributed by atoms with van der Waals surface area (Å²) in [5.74, 6) is -0.0389. The molecule has 0 fully saturated rings. The van der Waals surface area contributed by atoms with E-state index in [-0.39, 0.29) is 5.91 Å². The van der Waals surface area contributed by atoms with E-state index in [0.29, 0.717) is 6.54 Å². The van der Waals surface area contributed by atoms with Crippen LogP contribution in [-0.2, 0) is 4.79 Å². The molecule has 0 spiro atoms. The van der Waals surface area contributed by atoms with Gasteiger partial charge in [0.25, 0.3) is 0 Å². The Labute approximate surface area is 83.7 Å². The van der Waals surface area contributed by atoms with Gasteiger partial charge < -0.3 is 10.6 Å². The zero-order valence-corrected chi connectivity index (χ0v) is 8.50. The molecule has 14 heavy (non-hydrogen) atoms. The highest BCUT2D eigenvalue weighted by Gasteiger charge is 2.02. The summed E-state index contributed by atoms with van der Waals surface area (Å²) >= 11 is 0.